The van der Waals surface area contributed by atoms with Crippen LogP contribution >= 0.6 is 0 Å². The average molecular weight is 394 g/mol. The van der Waals surface area contributed by atoms with Gasteiger partial charge in [0.05, 0.1) is 12.2 Å². The van der Waals surface area contributed by atoms with Crippen LogP contribution in [0.2, 0.25) is 0 Å². The van der Waals surface area contributed by atoms with E-state index in [1.165, 1.54) is 6.07 Å². The van der Waals surface area contributed by atoms with Crippen molar-refractivity contribution in [3.05, 3.63) is 75.6 Å². The minimum Gasteiger partial charge on any atom is -0.489 e. The van der Waals surface area contributed by atoms with Crippen molar-refractivity contribution in [2.45, 2.75) is 26.1 Å². The zero-order valence-corrected chi connectivity index (χ0v) is 15.7. The van der Waals surface area contributed by atoms with Crippen LogP contribution in [-0.2, 0) is 20.9 Å². The van der Waals surface area contributed by atoms with Crippen molar-refractivity contribution in [3.8, 4) is 5.75 Å². The molecule has 148 valence electrons. The minimum atomic E-state index is -0.831. The normalized spacial score (nSPS) is 15.9. The fraction of sp³-hybridized carbons (Fsp3) is 0.227. The second-order valence-corrected chi connectivity index (χ2v) is 6.74. The SMILES string of the molecule is Cc1cc(=O)oc2cc(OCc3ccc(C(=O)OC4CCOC4=O)cc3)ccc12. The van der Waals surface area contributed by atoms with Crippen molar-refractivity contribution in [2.24, 2.45) is 0 Å². The van der Waals surface area contributed by atoms with Crippen molar-refractivity contribution in [3.63, 3.8) is 0 Å². The summed E-state index contributed by atoms with van der Waals surface area (Å²) in [7, 11) is 0. The molecule has 0 spiro atoms. The summed E-state index contributed by atoms with van der Waals surface area (Å²) in [6, 6.07) is 13.5. The Hall–Kier alpha value is -3.61. The van der Waals surface area contributed by atoms with Crippen LogP contribution in [0.15, 0.2) is 57.7 Å². The fourth-order valence-electron chi connectivity index (χ4n) is 3.08. The zero-order valence-electron chi connectivity index (χ0n) is 15.7. The molecule has 0 N–H and O–H groups in total. The molecule has 1 atom stereocenters. The van der Waals surface area contributed by atoms with Crippen LogP contribution in [0.1, 0.15) is 27.9 Å². The topological polar surface area (TPSA) is 92.0 Å². The lowest BCUT2D eigenvalue weighted by molar-refractivity contribution is -0.145. The Labute approximate surface area is 165 Å². The largest absolute Gasteiger partial charge is 0.489 e. The van der Waals surface area contributed by atoms with Crippen LogP contribution in [0.5, 0.6) is 5.75 Å². The van der Waals surface area contributed by atoms with Crippen LogP contribution < -0.4 is 10.4 Å². The third kappa shape index (κ3) is 4.13. The number of esters is 2. The highest BCUT2D eigenvalue weighted by atomic mass is 16.6. The molecule has 3 aromatic rings. The molecule has 2 aromatic carbocycles. The zero-order chi connectivity index (χ0) is 20.4. The van der Waals surface area contributed by atoms with E-state index in [4.69, 9.17) is 18.6 Å². The molecular weight excluding hydrogens is 376 g/mol. The highest BCUT2D eigenvalue weighted by Gasteiger charge is 2.30. The molecule has 7 nitrogen and oxygen atoms in total. The molecule has 0 radical (unpaired) electrons. The fourth-order valence-corrected chi connectivity index (χ4v) is 3.08. The third-order valence-corrected chi connectivity index (χ3v) is 4.65. The van der Waals surface area contributed by atoms with Gasteiger partial charge in [-0.3, -0.25) is 0 Å². The Bertz CT molecular complexity index is 1130. The standard InChI is InChI=1S/C22H18O7/c1-13-10-20(23)28-19-11-16(6-7-17(13)19)27-12-14-2-4-15(5-3-14)21(24)29-18-8-9-26-22(18)25/h2-7,10-11,18H,8-9,12H2,1H3. The molecule has 0 bridgehead atoms. The van der Waals surface area contributed by atoms with E-state index in [0.29, 0.717) is 23.3 Å². The molecular formula is C22H18O7. The summed E-state index contributed by atoms with van der Waals surface area (Å²) in [4.78, 5) is 35.1. The summed E-state index contributed by atoms with van der Waals surface area (Å²) in [5.74, 6) is -0.513. The maximum absolute atomic E-state index is 12.1. The van der Waals surface area contributed by atoms with E-state index in [0.717, 1.165) is 16.5 Å². The molecule has 1 aromatic heterocycles. The number of fused-ring (bicyclic) bond motifs is 1. The maximum atomic E-state index is 12.1. The lowest BCUT2D eigenvalue weighted by Crippen LogP contribution is -2.22. The van der Waals surface area contributed by atoms with Crippen molar-refractivity contribution >= 4 is 22.9 Å². The summed E-state index contributed by atoms with van der Waals surface area (Å²) in [5.41, 5.74) is 2.09. The van der Waals surface area contributed by atoms with Gasteiger partial charge in [-0.1, -0.05) is 12.1 Å². The second kappa shape index (κ2) is 7.79. The second-order valence-electron chi connectivity index (χ2n) is 6.74. The molecule has 4 rings (SSSR count). The van der Waals surface area contributed by atoms with Crippen molar-refractivity contribution in [1.82, 2.24) is 0 Å². The summed E-state index contributed by atoms with van der Waals surface area (Å²) in [6.07, 6.45) is -0.455. The highest BCUT2D eigenvalue weighted by molar-refractivity contribution is 5.91. The van der Waals surface area contributed by atoms with Crippen molar-refractivity contribution in [1.29, 1.82) is 0 Å². The molecule has 1 saturated heterocycles. The number of rotatable bonds is 5. The van der Waals surface area contributed by atoms with Gasteiger partial charge < -0.3 is 18.6 Å². The molecule has 1 unspecified atom stereocenters. The number of carbonyl (C=O) groups is 2. The summed E-state index contributed by atoms with van der Waals surface area (Å²) < 4.78 is 20.9. The molecule has 0 saturated carbocycles. The maximum Gasteiger partial charge on any atom is 0.347 e. The molecule has 1 aliphatic heterocycles. The van der Waals surface area contributed by atoms with E-state index in [1.54, 1.807) is 30.3 Å². The first kappa shape index (κ1) is 18.7. The van der Waals surface area contributed by atoms with Gasteiger partial charge in [-0.2, -0.15) is 0 Å². The number of cyclic esters (lactones) is 1. The van der Waals surface area contributed by atoms with Crippen LogP contribution in [0.4, 0.5) is 0 Å². The quantitative estimate of drug-likeness (QED) is 0.485. The van der Waals surface area contributed by atoms with E-state index in [-0.39, 0.29) is 13.2 Å². The van der Waals surface area contributed by atoms with Gasteiger partial charge in [0.25, 0.3) is 0 Å². The molecule has 1 fully saturated rings. The van der Waals surface area contributed by atoms with Crippen LogP contribution in [-0.4, -0.2) is 24.6 Å². The Morgan fingerprint density at radius 1 is 1.10 bits per heavy atom. The van der Waals surface area contributed by atoms with Crippen LogP contribution in [0, 0.1) is 6.92 Å². The molecule has 1 aliphatic rings. The average Bonchev–Trinajstić information content (AvgIpc) is 3.10. The van der Waals surface area contributed by atoms with Gasteiger partial charge in [0.1, 0.15) is 17.9 Å². The van der Waals surface area contributed by atoms with Crippen LogP contribution in [0.25, 0.3) is 11.0 Å². The molecule has 2 heterocycles. The van der Waals surface area contributed by atoms with E-state index < -0.39 is 23.7 Å². The van der Waals surface area contributed by atoms with E-state index in [9.17, 15) is 14.4 Å². The third-order valence-electron chi connectivity index (χ3n) is 4.65. The van der Waals surface area contributed by atoms with E-state index in [1.807, 2.05) is 19.1 Å². The van der Waals surface area contributed by atoms with Gasteiger partial charge in [-0.05, 0) is 42.3 Å². The lowest BCUT2D eigenvalue weighted by atomic mass is 10.1. The molecule has 7 heteroatoms. The van der Waals surface area contributed by atoms with Crippen molar-refractivity contribution < 1.29 is 28.2 Å². The van der Waals surface area contributed by atoms with Gasteiger partial charge in [0.2, 0.25) is 6.10 Å². The Morgan fingerprint density at radius 3 is 2.62 bits per heavy atom. The smallest absolute Gasteiger partial charge is 0.347 e. The number of hydrogen-bond acceptors (Lipinski definition) is 7. The number of aryl methyl sites for hydroxylation is 1. The molecule has 0 aliphatic carbocycles. The predicted octanol–water partition coefficient (Wildman–Crippen LogP) is 3.15. The van der Waals surface area contributed by atoms with Gasteiger partial charge in [-0.15, -0.1) is 0 Å². The van der Waals surface area contributed by atoms with Crippen molar-refractivity contribution in [2.75, 3.05) is 6.61 Å². The first-order valence-corrected chi connectivity index (χ1v) is 9.13. The number of ether oxygens (including phenoxy) is 3. The predicted molar refractivity (Wildman–Crippen MR) is 103 cm³/mol. The van der Waals surface area contributed by atoms with E-state index >= 15 is 0 Å². The molecule has 0 amide bonds. The Kier molecular flexibility index (Phi) is 5.03. The van der Waals surface area contributed by atoms with E-state index in [2.05, 4.69) is 0 Å². The number of carbonyl (C=O) groups excluding carboxylic acids is 2. The molecule has 29 heavy (non-hydrogen) atoms. The van der Waals surface area contributed by atoms with Gasteiger partial charge >= 0.3 is 17.6 Å². The van der Waals surface area contributed by atoms with Crippen LogP contribution in [0.3, 0.4) is 0 Å². The Balaban J connectivity index is 1.40. The van der Waals surface area contributed by atoms with Gasteiger partial charge in [0, 0.05) is 23.9 Å². The number of hydrogen-bond donors (Lipinski definition) is 0. The monoisotopic (exact) mass is 394 g/mol. The first-order valence-electron chi connectivity index (χ1n) is 9.13. The summed E-state index contributed by atoms with van der Waals surface area (Å²) in [6.45, 7) is 2.39. The Morgan fingerprint density at radius 2 is 1.90 bits per heavy atom. The highest BCUT2D eigenvalue weighted by Crippen LogP contribution is 2.23. The van der Waals surface area contributed by atoms with Gasteiger partial charge in [0.15, 0.2) is 0 Å². The van der Waals surface area contributed by atoms with Gasteiger partial charge in [-0.25, -0.2) is 14.4 Å². The first-order chi connectivity index (χ1) is 14.0. The lowest BCUT2D eigenvalue weighted by Gasteiger charge is -2.10. The summed E-state index contributed by atoms with van der Waals surface area (Å²) in [5, 5.41) is 0.853. The minimum absolute atomic E-state index is 0.269. The number of benzene rings is 2. The summed E-state index contributed by atoms with van der Waals surface area (Å²) >= 11 is 0.